The predicted molar refractivity (Wildman–Crippen MR) is 71.7 cm³/mol. The van der Waals surface area contributed by atoms with Crippen molar-refractivity contribution < 1.29 is 4.39 Å². The third-order valence-electron chi connectivity index (χ3n) is 2.68. The van der Waals surface area contributed by atoms with Crippen LogP contribution in [0.4, 0.5) is 10.2 Å². The molecule has 1 aromatic heterocycles. The molecule has 0 aliphatic carbocycles. The fourth-order valence-corrected chi connectivity index (χ4v) is 2.28. The SMILES string of the molecule is CC(C)c1c(N)nnn1Cc1cc(Br)ccc1F. The van der Waals surface area contributed by atoms with Crippen molar-refractivity contribution in [2.45, 2.75) is 26.3 Å². The van der Waals surface area contributed by atoms with Gasteiger partial charge in [0.25, 0.3) is 0 Å². The molecule has 2 N–H and O–H groups in total. The van der Waals surface area contributed by atoms with Gasteiger partial charge in [-0.25, -0.2) is 9.07 Å². The molecule has 0 bridgehead atoms. The predicted octanol–water partition coefficient (Wildman–Crippen LogP) is 2.93. The van der Waals surface area contributed by atoms with Gasteiger partial charge in [0.1, 0.15) is 5.82 Å². The summed E-state index contributed by atoms with van der Waals surface area (Å²) in [5.74, 6) is 0.331. The number of nitrogens with zero attached hydrogens (tertiary/aromatic N) is 3. The molecule has 0 spiro atoms. The maximum atomic E-state index is 13.7. The molecule has 0 aliphatic heterocycles. The average molecular weight is 313 g/mol. The number of aromatic nitrogens is 3. The van der Waals surface area contributed by atoms with Crippen molar-refractivity contribution in [1.82, 2.24) is 15.0 Å². The van der Waals surface area contributed by atoms with Crippen molar-refractivity contribution in [3.8, 4) is 0 Å². The van der Waals surface area contributed by atoms with E-state index < -0.39 is 0 Å². The van der Waals surface area contributed by atoms with Gasteiger partial charge in [-0.2, -0.15) is 0 Å². The molecule has 18 heavy (non-hydrogen) atoms. The highest BCUT2D eigenvalue weighted by Gasteiger charge is 2.15. The van der Waals surface area contributed by atoms with Crippen LogP contribution in [0.2, 0.25) is 0 Å². The summed E-state index contributed by atoms with van der Waals surface area (Å²) < 4.78 is 16.2. The molecule has 1 aromatic carbocycles. The Bertz CT molecular complexity index is 565. The standard InChI is InChI=1S/C12H14BrFN4/c1-7(2)11-12(15)16-17-18(11)6-8-5-9(13)3-4-10(8)14/h3-5,7H,6,15H2,1-2H3. The first-order valence-electron chi connectivity index (χ1n) is 5.62. The van der Waals surface area contributed by atoms with Gasteiger partial charge in [-0.15, -0.1) is 5.10 Å². The van der Waals surface area contributed by atoms with Crippen molar-refractivity contribution in [3.05, 3.63) is 39.7 Å². The van der Waals surface area contributed by atoms with E-state index in [1.807, 2.05) is 13.8 Å². The smallest absolute Gasteiger partial charge is 0.169 e. The van der Waals surface area contributed by atoms with Crippen molar-refractivity contribution >= 4 is 21.7 Å². The molecule has 2 aromatic rings. The van der Waals surface area contributed by atoms with Crippen LogP contribution in [0.15, 0.2) is 22.7 Å². The molecule has 0 amide bonds. The minimum absolute atomic E-state index is 0.190. The van der Waals surface area contributed by atoms with Crippen molar-refractivity contribution in [3.63, 3.8) is 0 Å². The van der Waals surface area contributed by atoms with E-state index in [4.69, 9.17) is 5.73 Å². The zero-order chi connectivity index (χ0) is 13.3. The lowest BCUT2D eigenvalue weighted by molar-refractivity contribution is 0.557. The molecule has 96 valence electrons. The first kappa shape index (κ1) is 13.0. The number of hydrogen-bond acceptors (Lipinski definition) is 3. The van der Waals surface area contributed by atoms with E-state index in [1.165, 1.54) is 6.07 Å². The largest absolute Gasteiger partial charge is 0.381 e. The van der Waals surface area contributed by atoms with Gasteiger partial charge in [0, 0.05) is 10.0 Å². The molecule has 0 saturated heterocycles. The van der Waals surface area contributed by atoms with Gasteiger partial charge in [-0.3, -0.25) is 0 Å². The number of hydrogen-bond donors (Lipinski definition) is 1. The van der Waals surface area contributed by atoms with Crippen LogP contribution in [-0.4, -0.2) is 15.0 Å². The van der Waals surface area contributed by atoms with Gasteiger partial charge in [0.05, 0.1) is 12.2 Å². The lowest BCUT2D eigenvalue weighted by Gasteiger charge is -2.10. The Morgan fingerprint density at radius 1 is 1.44 bits per heavy atom. The Labute approximate surface area is 113 Å². The highest BCUT2D eigenvalue weighted by Crippen LogP contribution is 2.22. The second kappa shape index (κ2) is 5.06. The maximum Gasteiger partial charge on any atom is 0.169 e. The Balaban J connectivity index is 2.37. The molecule has 4 nitrogen and oxygen atoms in total. The summed E-state index contributed by atoms with van der Waals surface area (Å²) in [5.41, 5.74) is 7.15. The summed E-state index contributed by atoms with van der Waals surface area (Å²) in [6, 6.07) is 4.82. The molecular formula is C12H14BrFN4. The van der Waals surface area contributed by atoms with E-state index in [1.54, 1.807) is 16.8 Å². The molecule has 0 saturated carbocycles. The Morgan fingerprint density at radius 3 is 2.83 bits per heavy atom. The number of rotatable bonds is 3. The van der Waals surface area contributed by atoms with Crippen LogP contribution in [-0.2, 0) is 6.54 Å². The zero-order valence-corrected chi connectivity index (χ0v) is 11.8. The van der Waals surface area contributed by atoms with Crippen molar-refractivity contribution in [1.29, 1.82) is 0 Å². The molecule has 0 aliphatic rings. The van der Waals surface area contributed by atoms with Crippen LogP contribution in [0, 0.1) is 5.82 Å². The zero-order valence-electron chi connectivity index (χ0n) is 10.2. The highest BCUT2D eigenvalue weighted by atomic mass is 79.9. The molecular weight excluding hydrogens is 299 g/mol. The first-order valence-corrected chi connectivity index (χ1v) is 6.41. The van der Waals surface area contributed by atoms with E-state index in [0.717, 1.165) is 10.2 Å². The molecule has 0 fully saturated rings. The summed E-state index contributed by atoms with van der Waals surface area (Å²) in [5, 5.41) is 7.81. The Kier molecular flexibility index (Phi) is 3.65. The van der Waals surface area contributed by atoms with Crippen LogP contribution in [0.25, 0.3) is 0 Å². The van der Waals surface area contributed by atoms with Gasteiger partial charge in [-0.1, -0.05) is 35.0 Å². The minimum Gasteiger partial charge on any atom is -0.381 e. The lowest BCUT2D eigenvalue weighted by atomic mass is 10.1. The third-order valence-corrected chi connectivity index (χ3v) is 3.17. The van der Waals surface area contributed by atoms with Gasteiger partial charge in [0.2, 0.25) is 0 Å². The molecule has 0 unspecified atom stereocenters. The number of anilines is 1. The van der Waals surface area contributed by atoms with Crippen LogP contribution in [0.5, 0.6) is 0 Å². The second-order valence-electron chi connectivity index (χ2n) is 4.41. The summed E-state index contributed by atoms with van der Waals surface area (Å²) in [7, 11) is 0. The van der Waals surface area contributed by atoms with Gasteiger partial charge in [0.15, 0.2) is 5.82 Å². The van der Waals surface area contributed by atoms with E-state index in [-0.39, 0.29) is 11.7 Å². The first-order chi connectivity index (χ1) is 8.49. The molecule has 0 radical (unpaired) electrons. The monoisotopic (exact) mass is 312 g/mol. The fourth-order valence-electron chi connectivity index (χ4n) is 1.87. The topological polar surface area (TPSA) is 56.7 Å². The molecule has 6 heteroatoms. The van der Waals surface area contributed by atoms with E-state index in [2.05, 4.69) is 26.2 Å². The summed E-state index contributed by atoms with van der Waals surface area (Å²) in [4.78, 5) is 0. The van der Waals surface area contributed by atoms with Gasteiger partial charge >= 0.3 is 0 Å². The molecule has 1 heterocycles. The van der Waals surface area contributed by atoms with Crippen LogP contribution in [0.3, 0.4) is 0 Å². The van der Waals surface area contributed by atoms with Gasteiger partial charge in [-0.05, 0) is 24.1 Å². The highest BCUT2D eigenvalue weighted by molar-refractivity contribution is 9.10. The summed E-state index contributed by atoms with van der Waals surface area (Å²) >= 11 is 3.33. The number of nitrogen functional groups attached to an aromatic ring is 1. The minimum atomic E-state index is -0.262. The number of benzene rings is 1. The molecule has 2 rings (SSSR count). The van der Waals surface area contributed by atoms with Gasteiger partial charge < -0.3 is 5.73 Å². The average Bonchev–Trinajstić information content (AvgIpc) is 2.65. The van der Waals surface area contributed by atoms with Crippen LogP contribution in [0.1, 0.15) is 31.0 Å². The molecule has 0 atom stereocenters. The normalized spacial score (nSPS) is 11.2. The number of nitrogens with two attached hydrogens (primary N) is 1. The van der Waals surface area contributed by atoms with Crippen LogP contribution >= 0.6 is 15.9 Å². The quantitative estimate of drug-likeness (QED) is 0.948. The Morgan fingerprint density at radius 2 is 2.17 bits per heavy atom. The lowest BCUT2D eigenvalue weighted by Crippen LogP contribution is -2.10. The third kappa shape index (κ3) is 2.53. The van der Waals surface area contributed by atoms with E-state index in [0.29, 0.717) is 17.9 Å². The fraction of sp³-hybridized carbons (Fsp3) is 0.333. The Hall–Kier alpha value is -1.43. The second-order valence-corrected chi connectivity index (χ2v) is 5.32. The van der Waals surface area contributed by atoms with E-state index in [9.17, 15) is 4.39 Å². The van der Waals surface area contributed by atoms with Crippen molar-refractivity contribution in [2.75, 3.05) is 5.73 Å². The summed E-state index contributed by atoms with van der Waals surface area (Å²) in [6.45, 7) is 4.33. The van der Waals surface area contributed by atoms with Crippen molar-refractivity contribution in [2.24, 2.45) is 0 Å². The van der Waals surface area contributed by atoms with E-state index >= 15 is 0 Å². The summed E-state index contributed by atoms with van der Waals surface area (Å²) in [6.07, 6.45) is 0. The van der Waals surface area contributed by atoms with Crippen LogP contribution < -0.4 is 5.73 Å². The number of halogens is 2. The maximum absolute atomic E-state index is 13.7.